The van der Waals surface area contributed by atoms with Crippen LogP contribution >= 0.6 is 0 Å². The monoisotopic (exact) mass is 310 g/mol. The van der Waals surface area contributed by atoms with Gasteiger partial charge in [0.15, 0.2) is 5.78 Å². The van der Waals surface area contributed by atoms with Crippen LogP contribution in [0.4, 0.5) is 0 Å². The van der Waals surface area contributed by atoms with Crippen molar-refractivity contribution in [3.8, 4) is 5.75 Å². The van der Waals surface area contributed by atoms with E-state index in [2.05, 4.69) is 13.8 Å². The Morgan fingerprint density at radius 2 is 1.61 bits per heavy atom. The molecule has 0 bridgehead atoms. The fourth-order valence-electron chi connectivity index (χ4n) is 2.70. The van der Waals surface area contributed by atoms with E-state index in [9.17, 15) is 4.79 Å². The first kappa shape index (κ1) is 17.3. The van der Waals surface area contributed by atoms with Crippen LogP contribution in [0.1, 0.15) is 61.9 Å². The first-order valence-electron chi connectivity index (χ1n) is 8.61. The Morgan fingerprint density at radius 1 is 0.913 bits per heavy atom. The molecule has 2 aromatic rings. The van der Waals surface area contributed by atoms with E-state index in [4.69, 9.17) is 4.74 Å². The van der Waals surface area contributed by atoms with E-state index < -0.39 is 0 Å². The van der Waals surface area contributed by atoms with Crippen LogP contribution in [0.2, 0.25) is 0 Å². The van der Waals surface area contributed by atoms with Gasteiger partial charge >= 0.3 is 0 Å². The van der Waals surface area contributed by atoms with Crippen molar-refractivity contribution in [3.05, 3.63) is 65.7 Å². The van der Waals surface area contributed by atoms with Gasteiger partial charge in [0, 0.05) is 5.56 Å². The summed E-state index contributed by atoms with van der Waals surface area (Å²) >= 11 is 0. The second-order valence-electron chi connectivity index (χ2n) is 5.86. The minimum absolute atomic E-state index is 0.0203. The second kappa shape index (κ2) is 9.14. The van der Waals surface area contributed by atoms with Gasteiger partial charge in [-0.05, 0) is 25.0 Å². The third kappa shape index (κ3) is 4.95. The summed E-state index contributed by atoms with van der Waals surface area (Å²) in [4.78, 5) is 12.7. The predicted molar refractivity (Wildman–Crippen MR) is 95.2 cm³/mol. The Balaban J connectivity index is 2.21. The zero-order chi connectivity index (χ0) is 16.5. The summed E-state index contributed by atoms with van der Waals surface area (Å²) < 4.78 is 6.21. The first-order chi connectivity index (χ1) is 11.3. The molecule has 0 aliphatic heterocycles. The summed E-state index contributed by atoms with van der Waals surface area (Å²) in [6.07, 6.45) is 5.65. The maximum atomic E-state index is 12.7. The molecule has 23 heavy (non-hydrogen) atoms. The molecule has 0 amide bonds. The maximum absolute atomic E-state index is 12.7. The fourth-order valence-corrected chi connectivity index (χ4v) is 2.70. The molecular formula is C21H26O2. The Labute approximate surface area is 139 Å². The Morgan fingerprint density at radius 3 is 2.30 bits per heavy atom. The number of hydrogen-bond donors (Lipinski definition) is 0. The first-order valence-corrected chi connectivity index (χ1v) is 8.61. The Kier molecular flexibility index (Phi) is 6.86. The Hall–Kier alpha value is -2.09. The molecular weight excluding hydrogens is 284 g/mol. The fraction of sp³-hybridized carbons (Fsp3) is 0.381. The minimum atomic E-state index is 0.0203. The van der Waals surface area contributed by atoms with Gasteiger partial charge in [-0.2, -0.15) is 0 Å². The third-order valence-electron chi connectivity index (χ3n) is 3.95. The highest BCUT2D eigenvalue weighted by Gasteiger charge is 2.17. The summed E-state index contributed by atoms with van der Waals surface area (Å²) in [7, 11) is 0. The molecule has 0 aliphatic rings. The van der Waals surface area contributed by atoms with Crippen molar-refractivity contribution in [1.82, 2.24) is 0 Å². The molecule has 1 atom stereocenters. The van der Waals surface area contributed by atoms with Gasteiger partial charge in [-0.3, -0.25) is 4.79 Å². The summed E-state index contributed by atoms with van der Waals surface area (Å²) in [6, 6.07) is 17.0. The van der Waals surface area contributed by atoms with Crippen LogP contribution < -0.4 is 4.74 Å². The van der Waals surface area contributed by atoms with E-state index in [0.29, 0.717) is 16.9 Å². The molecule has 0 spiro atoms. The highest BCUT2D eigenvalue weighted by atomic mass is 16.5. The van der Waals surface area contributed by atoms with Crippen molar-refractivity contribution >= 4 is 5.78 Å². The Bertz CT molecular complexity index is 604. The molecule has 0 heterocycles. The van der Waals surface area contributed by atoms with E-state index in [1.807, 2.05) is 54.6 Å². The number of ketones is 1. The normalized spacial score (nSPS) is 11.9. The summed E-state index contributed by atoms with van der Waals surface area (Å²) in [6.45, 7) is 4.36. The SMILES string of the molecule is CCCCC(CCC)Oc1ccccc1C(=O)c1ccccc1. The molecule has 0 saturated carbocycles. The van der Waals surface area contributed by atoms with Gasteiger partial charge in [0.1, 0.15) is 5.75 Å². The summed E-state index contributed by atoms with van der Waals surface area (Å²) in [5.41, 5.74) is 1.35. The molecule has 1 unspecified atom stereocenters. The van der Waals surface area contributed by atoms with Crippen molar-refractivity contribution in [2.24, 2.45) is 0 Å². The smallest absolute Gasteiger partial charge is 0.196 e. The van der Waals surface area contributed by atoms with Crippen molar-refractivity contribution in [2.45, 2.75) is 52.1 Å². The second-order valence-corrected chi connectivity index (χ2v) is 5.86. The average molecular weight is 310 g/mol. The number of ether oxygens (including phenoxy) is 1. The van der Waals surface area contributed by atoms with Crippen LogP contribution in [-0.4, -0.2) is 11.9 Å². The van der Waals surface area contributed by atoms with Crippen molar-refractivity contribution in [2.75, 3.05) is 0 Å². The largest absolute Gasteiger partial charge is 0.490 e. The highest BCUT2D eigenvalue weighted by Crippen LogP contribution is 2.25. The quantitative estimate of drug-likeness (QED) is 0.559. The number of benzene rings is 2. The van der Waals surface area contributed by atoms with Gasteiger partial charge in [-0.15, -0.1) is 0 Å². The zero-order valence-corrected chi connectivity index (χ0v) is 14.1. The standard InChI is InChI=1S/C21H26O2/c1-3-5-14-18(11-4-2)23-20-16-10-9-15-19(20)21(22)17-12-7-6-8-13-17/h6-10,12-13,15-16,18H,3-5,11,14H2,1-2H3. The van der Waals surface area contributed by atoms with Gasteiger partial charge in [-0.1, -0.05) is 75.6 Å². The number of para-hydroxylation sites is 1. The van der Waals surface area contributed by atoms with E-state index in [0.717, 1.165) is 32.1 Å². The van der Waals surface area contributed by atoms with Crippen molar-refractivity contribution < 1.29 is 9.53 Å². The predicted octanol–water partition coefficient (Wildman–Crippen LogP) is 5.66. The molecule has 0 aromatic heterocycles. The molecule has 0 saturated heterocycles. The molecule has 2 aromatic carbocycles. The van der Waals surface area contributed by atoms with Crippen LogP contribution in [0.25, 0.3) is 0 Å². The lowest BCUT2D eigenvalue weighted by Gasteiger charge is -2.20. The summed E-state index contributed by atoms with van der Waals surface area (Å²) in [5.74, 6) is 0.725. The van der Waals surface area contributed by atoms with Crippen molar-refractivity contribution in [1.29, 1.82) is 0 Å². The molecule has 2 heteroatoms. The van der Waals surface area contributed by atoms with Crippen LogP contribution in [0.3, 0.4) is 0 Å². The van der Waals surface area contributed by atoms with Gasteiger partial charge in [0.2, 0.25) is 0 Å². The lowest BCUT2D eigenvalue weighted by atomic mass is 10.0. The van der Waals surface area contributed by atoms with Crippen molar-refractivity contribution in [3.63, 3.8) is 0 Å². The van der Waals surface area contributed by atoms with Crippen LogP contribution in [0.5, 0.6) is 5.75 Å². The molecule has 0 radical (unpaired) electrons. The lowest BCUT2D eigenvalue weighted by molar-refractivity contribution is 0.102. The highest BCUT2D eigenvalue weighted by molar-refractivity contribution is 6.10. The minimum Gasteiger partial charge on any atom is -0.490 e. The zero-order valence-electron chi connectivity index (χ0n) is 14.1. The number of carbonyl (C=O) groups is 1. The molecule has 122 valence electrons. The topological polar surface area (TPSA) is 26.3 Å². The van der Waals surface area contributed by atoms with E-state index in [1.54, 1.807) is 0 Å². The van der Waals surface area contributed by atoms with E-state index in [-0.39, 0.29) is 11.9 Å². The maximum Gasteiger partial charge on any atom is 0.196 e. The average Bonchev–Trinajstić information content (AvgIpc) is 2.60. The van der Waals surface area contributed by atoms with Gasteiger partial charge in [0.25, 0.3) is 0 Å². The van der Waals surface area contributed by atoms with Crippen LogP contribution in [-0.2, 0) is 0 Å². The third-order valence-corrected chi connectivity index (χ3v) is 3.95. The van der Waals surface area contributed by atoms with E-state index >= 15 is 0 Å². The molecule has 0 aliphatic carbocycles. The number of rotatable bonds is 9. The number of hydrogen-bond acceptors (Lipinski definition) is 2. The number of unbranched alkanes of at least 4 members (excludes halogenated alkanes) is 1. The molecule has 2 rings (SSSR count). The molecule has 2 nitrogen and oxygen atoms in total. The van der Waals surface area contributed by atoms with Gasteiger partial charge < -0.3 is 4.74 Å². The molecule has 0 fully saturated rings. The van der Waals surface area contributed by atoms with Gasteiger partial charge in [0.05, 0.1) is 11.7 Å². The van der Waals surface area contributed by atoms with Gasteiger partial charge in [-0.25, -0.2) is 0 Å². The van der Waals surface area contributed by atoms with Crippen LogP contribution in [0.15, 0.2) is 54.6 Å². The summed E-state index contributed by atoms with van der Waals surface area (Å²) in [5, 5.41) is 0. The van der Waals surface area contributed by atoms with E-state index in [1.165, 1.54) is 0 Å². The van der Waals surface area contributed by atoms with Crippen LogP contribution in [0, 0.1) is 0 Å². The lowest BCUT2D eigenvalue weighted by Crippen LogP contribution is -2.18. The molecule has 0 N–H and O–H groups in total. The number of carbonyl (C=O) groups excluding carboxylic acids is 1.